The maximum absolute atomic E-state index is 13.7. The van der Waals surface area contributed by atoms with Crippen LogP contribution >= 0.6 is 11.3 Å². The number of hydrogen-bond acceptors (Lipinski definition) is 8. The summed E-state index contributed by atoms with van der Waals surface area (Å²) in [5, 5.41) is 11.8. The highest BCUT2D eigenvalue weighted by Gasteiger charge is 2.48. The predicted molar refractivity (Wildman–Crippen MR) is 160 cm³/mol. The molecule has 0 saturated carbocycles. The molecule has 1 aromatic heterocycles. The first-order chi connectivity index (χ1) is 19.9. The molecule has 1 saturated heterocycles. The van der Waals surface area contributed by atoms with Gasteiger partial charge in [-0.3, -0.25) is 14.5 Å². The molecule has 0 aliphatic carbocycles. The van der Waals surface area contributed by atoms with Crippen LogP contribution in [0.1, 0.15) is 49.4 Å². The molecular weight excluding hydrogens is 540 g/mol. The number of rotatable bonds is 10. The van der Waals surface area contributed by atoms with Gasteiger partial charge in [-0.2, -0.15) is 0 Å². The summed E-state index contributed by atoms with van der Waals surface area (Å²) in [5.74, 6) is -0.0738. The van der Waals surface area contributed by atoms with Crippen LogP contribution in [0.5, 0.6) is 17.2 Å². The summed E-state index contributed by atoms with van der Waals surface area (Å²) in [6.45, 7) is 6.84. The van der Waals surface area contributed by atoms with Crippen LogP contribution < -0.4 is 19.1 Å². The third kappa shape index (κ3) is 5.50. The van der Waals surface area contributed by atoms with Crippen molar-refractivity contribution < 1.29 is 28.9 Å². The van der Waals surface area contributed by atoms with Gasteiger partial charge in [0.05, 0.1) is 42.2 Å². The van der Waals surface area contributed by atoms with Crippen LogP contribution in [0, 0.1) is 6.92 Å². The molecule has 1 aliphatic rings. The number of benzene rings is 3. The van der Waals surface area contributed by atoms with Crippen molar-refractivity contribution in [3.63, 3.8) is 0 Å². The molecule has 4 aromatic rings. The van der Waals surface area contributed by atoms with E-state index in [2.05, 4.69) is 6.92 Å². The molecule has 2 heterocycles. The highest BCUT2D eigenvalue weighted by Crippen LogP contribution is 2.46. The number of nitrogens with zero attached hydrogens (tertiary/aromatic N) is 2. The number of aryl methyl sites for hydroxylation is 1. The molecule has 3 aromatic carbocycles. The minimum atomic E-state index is -0.942. The number of methoxy groups -OCH3 is 1. The van der Waals surface area contributed by atoms with E-state index in [0.717, 1.165) is 23.1 Å². The third-order valence-electron chi connectivity index (χ3n) is 6.90. The summed E-state index contributed by atoms with van der Waals surface area (Å²) in [7, 11) is 1.58. The Morgan fingerprint density at radius 2 is 1.78 bits per heavy atom. The van der Waals surface area contributed by atoms with Gasteiger partial charge >= 0.3 is 5.91 Å². The second kappa shape index (κ2) is 12.0. The molecule has 0 radical (unpaired) electrons. The van der Waals surface area contributed by atoms with Gasteiger partial charge in [-0.15, -0.1) is 0 Å². The normalized spacial score (nSPS) is 16.4. The lowest BCUT2D eigenvalue weighted by Crippen LogP contribution is -2.29. The van der Waals surface area contributed by atoms with Gasteiger partial charge in [-0.05, 0) is 56.2 Å². The van der Waals surface area contributed by atoms with E-state index in [1.165, 1.54) is 16.2 Å². The molecular formula is C32H32N2O6S. The van der Waals surface area contributed by atoms with Gasteiger partial charge in [0.25, 0.3) is 5.78 Å². The highest BCUT2D eigenvalue weighted by molar-refractivity contribution is 7.22. The number of aliphatic hydroxyl groups excluding tert-OH is 1. The molecule has 1 atom stereocenters. The molecule has 1 N–H and O–H groups in total. The van der Waals surface area contributed by atoms with Crippen molar-refractivity contribution in [1.29, 1.82) is 0 Å². The van der Waals surface area contributed by atoms with Gasteiger partial charge in [0.1, 0.15) is 11.5 Å². The Labute approximate surface area is 242 Å². The number of ketones is 1. The van der Waals surface area contributed by atoms with Gasteiger partial charge in [-0.25, -0.2) is 4.98 Å². The lowest BCUT2D eigenvalue weighted by molar-refractivity contribution is -0.132. The number of hydrogen-bond donors (Lipinski definition) is 1. The number of aliphatic hydroxyl groups is 1. The maximum atomic E-state index is 13.7. The largest absolute Gasteiger partial charge is 0.507 e. The van der Waals surface area contributed by atoms with Crippen LogP contribution in [-0.4, -0.2) is 42.1 Å². The SMILES string of the molecule is CCCCOc1ccc(C2/C(=C(\O)c3ccc(C)cc3)C(=O)C(=O)N2c2nc3ccc(OC)cc3s2)cc1OCC. The Morgan fingerprint density at radius 1 is 1.00 bits per heavy atom. The molecule has 41 heavy (non-hydrogen) atoms. The Bertz CT molecular complexity index is 1630. The quantitative estimate of drug-likeness (QED) is 0.0964. The van der Waals surface area contributed by atoms with E-state index >= 15 is 0 Å². The van der Waals surface area contributed by atoms with Gasteiger partial charge in [0.15, 0.2) is 16.6 Å². The van der Waals surface area contributed by atoms with E-state index < -0.39 is 17.7 Å². The Hall–Kier alpha value is -4.37. The predicted octanol–water partition coefficient (Wildman–Crippen LogP) is 6.82. The fourth-order valence-corrected chi connectivity index (χ4v) is 5.76. The van der Waals surface area contributed by atoms with E-state index in [-0.39, 0.29) is 11.3 Å². The monoisotopic (exact) mass is 572 g/mol. The number of Topliss-reactive ketones (excluding diaryl/α,β-unsaturated/α-hetero) is 1. The number of carbonyl (C=O) groups excluding carboxylic acids is 2. The highest BCUT2D eigenvalue weighted by atomic mass is 32.1. The first-order valence-electron chi connectivity index (χ1n) is 13.6. The summed E-state index contributed by atoms with van der Waals surface area (Å²) < 4.78 is 18.0. The molecule has 212 valence electrons. The zero-order chi connectivity index (χ0) is 29.1. The topological polar surface area (TPSA) is 98.2 Å². The Morgan fingerprint density at radius 3 is 2.49 bits per heavy atom. The van der Waals surface area contributed by atoms with Gasteiger partial charge in [-0.1, -0.05) is 60.6 Å². The average molecular weight is 573 g/mol. The molecule has 0 spiro atoms. The van der Waals surface area contributed by atoms with Crippen molar-refractivity contribution in [3.05, 3.63) is 82.9 Å². The van der Waals surface area contributed by atoms with Gasteiger partial charge in [0, 0.05) is 5.56 Å². The molecule has 8 nitrogen and oxygen atoms in total. The summed E-state index contributed by atoms with van der Waals surface area (Å²) >= 11 is 1.27. The summed E-state index contributed by atoms with van der Waals surface area (Å²) in [6, 6.07) is 17.0. The first kappa shape index (κ1) is 28.2. The van der Waals surface area contributed by atoms with Crippen molar-refractivity contribution in [2.45, 2.75) is 39.7 Å². The lowest BCUT2D eigenvalue weighted by atomic mass is 9.95. The van der Waals surface area contributed by atoms with Crippen LogP contribution in [0.2, 0.25) is 0 Å². The number of anilines is 1. The van der Waals surface area contributed by atoms with Crippen molar-refractivity contribution in [2.75, 3.05) is 25.2 Å². The summed E-state index contributed by atoms with van der Waals surface area (Å²) in [4.78, 5) is 33.3. The van der Waals surface area contributed by atoms with Gasteiger partial charge < -0.3 is 19.3 Å². The minimum Gasteiger partial charge on any atom is -0.507 e. The zero-order valence-corrected chi connectivity index (χ0v) is 24.3. The molecule has 0 bridgehead atoms. The maximum Gasteiger partial charge on any atom is 0.301 e. The number of thiazole rings is 1. The van der Waals surface area contributed by atoms with E-state index in [0.29, 0.717) is 52.2 Å². The summed E-state index contributed by atoms with van der Waals surface area (Å²) in [6.07, 6.45) is 1.89. The fourth-order valence-electron chi connectivity index (χ4n) is 4.74. The van der Waals surface area contributed by atoms with Crippen LogP contribution in [0.3, 0.4) is 0 Å². The van der Waals surface area contributed by atoms with E-state index in [1.807, 2.05) is 38.1 Å². The van der Waals surface area contributed by atoms with Crippen molar-refractivity contribution in [2.24, 2.45) is 0 Å². The van der Waals surface area contributed by atoms with Crippen molar-refractivity contribution in [1.82, 2.24) is 4.98 Å². The van der Waals surface area contributed by atoms with Crippen LogP contribution in [0.4, 0.5) is 5.13 Å². The van der Waals surface area contributed by atoms with Crippen LogP contribution in [0.25, 0.3) is 16.0 Å². The van der Waals surface area contributed by atoms with E-state index in [1.54, 1.807) is 43.5 Å². The Balaban J connectivity index is 1.68. The second-order valence-electron chi connectivity index (χ2n) is 9.71. The van der Waals surface area contributed by atoms with Crippen LogP contribution in [-0.2, 0) is 9.59 Å². The standard InChI is InChI=1S/C32H32N2O6S/c1-5-7-16-40-24-15-12-21(17-25(24)39-6-2)28-27(29(35)20-10-8-19(3)9-11-20)30(36)31(37)34(28)32-33-23-14-13-22(38-4)18-26(23)41-32/h8-15,17-18,28,35H,5-7,16H2,1-4H3/b29-27+. The number of ether oxygens (including phenoxy) is 3. The third-order valence-corrected chi connectivity index (χ3v) is 7.92. The smallest absolute Gasteiger partial charge is 0.301 e. The number of unbranched alkanes of at least 4 members (excludes halogenated alkanes) is 1. The number of amides is 1. The number of fused-ring (bicyclic) bond motifs is 1. The molecule has 5 rings (SSSR count). The van der Waals surface area contributed by atoms with Gasteiger partial charge in [0.2, 0.25) is 0 Å². The molecule has 1 amide bonds. The van der Waals surface area contributed by atoms with Crippen molar-refractivity contribution >= 4 is 44.1 Å². The number of aromatic nitrogens is 1. The average Bonchev–Trinajstić information content (AvgIpc) is 3.51. The fraction of sp³-hybridized carbons (Fsp3) is 0.281. The summed E-state index contributed by atoms with van der Waals surface area (Å²) in [5.41, 5.74) is 2.68. The zero-order valence-electron chi connectivity index (χ0n) is 23.5. The molecule has 1 aliphatic heterocycles. The van der Waals surface area contributed by atoms with E-state index in [9.17, 15) is 14.7 Å². The lowest BCUT2D eigenvalue weighted by Gasteiger charge is -2.24. The molecule has 1 fully saturated rings. The number of carbonyl (C=O) groups is 2. The minimum absolute atomic E-state index is 0.0159. The second-order valence-corrected chi connectivity index (χ2v) is 10.7. The van der Waals surface area contributed by atoms with Crippen LogP contribution in [0.15, 0.2) is 66.2 Å². The van der Waals surface area contributed by atoms with E-state index in [4.69, 9.17) is 19.2 Å². The molecule has 1 unspecified atom stereocenters. The molecule has 9 heteroatoms. The Kier molecular flexibility index (Phi) is 8.26. The first-order valence-corrected chi connectivity index (χ1v) is 14.4. The van der Waals surface area contributed by atoms with Crippen molar-refractivity contribution in [3.8, 4) is 17.2 Å².